The Morgan fingerprint density at radius 3 is 1.90 bits per heavy atom. The second kappa shape index (κ2) is 10.9. The topological polar surface area (TPSA) is 122 Å². The largest absolute Gasteiger partial charge is 0.480 e. The minimum Gasteiger partial charge on any atom is -0.480 e. The molecule has 1 aliphatic rings. The van der Waals surface area contributed by atoms with Crippen molar-refractivity contribution in [3.05, 3.63) is 129 Å². The molecule has 196 valence electrons. The molecule has 0 bridgehead atoms. The summed E-state index contributed by atoms with van der Waals surface area (Å²) in [7, 11) is 0. The third kappa shape index (κ3) is 4.75. The van der Waals surface area contributed by atoms with E-state index in [9.17, 15) is 34.4 Å². The van der Waals surface area contributed by atoms with Gasteiger partial charge in [0.25, 0.3) is 5.91 Å². The Morgan fingerprint density at radius 1 is 0.825 bits per heavy atom. The van der Waals surface area contributed by atoms with Gasteiger partial charge in [0.1, 0.15) is 11.9 Å². The first-order valence-electron chi connectivity index (χ1n) is 12.2. The number of hydrogen-bond acceptors (Lipinski definition) is 6. The van der Waals surface area contributed by atoms with Gasteiger partial charge in [-0.25, -0.2) is 9.18 Å². The number of halogens is 1. The van der Waals surface area contributed by atoms with Crippen LogP contribution in [0.15, 0.2) is 90.3 Å². The van der Waals surface area contributed by atoms with E-state index < -0.39 is 41.6 Å². The number of carbonyl (C=O) groups is 3. The van der Waals surface area contributed by atoms with Gasteiger partial charge in [-0.1, -0.05) is 30.3 Å². The summed E-state index contributed by atoms with van der Waals surface area (Å²) in [6, 6.07) is 22.3. The van der Waals surface area contributed by atoms with Gasteiger partial charge in [0.05, 0.1) is 40.1 Å². The lowest BCUT2D eigenvalue weighted by Crippen LogP contribution is -2.43. The summed E-state index contributed by atoms with van der Waals surface area (Å²) in [4.78, 5) is 42.8. The number of ketones is 1. The molecule has 1 amide bonds. The Balaban J connectivity index is 1.77. The highest BCUT2D eigenvalue weighted by molar-refractivity contribution is 7.12. The molecule has 4 aromatic rings. The highest BCUT2D eigenvalue weighted by Crippen LogP contribution is 2.52. The lowest BCUT2D eigenvalue weighted by molar-refractivity contribution is -0.142. The molecule has 1 fully saturated rings. The first kappa shape index (κ1) is 26.5. The third-order valence-electron chi connectivity index (χ3n) is 7.12. The molecule has 0 radical (unpaired) electrons. The van der Waals surface area contributed by atoms with Gasteiger partial charge < -0.3 is 10.0 Å². The molecule has 7 nitrogen and oxygen atoms in total. The average Bonchev–Trinajstić information content (AvgIpc) is 3.64. The van der Waals surface area contributed by atoms with Crippen molar-refractivity contribution in [3.8, 4) is 12.1 Å². The first-order valence-corrected chi connectivity index (χ1v) is 13.1. The molecule has 0 saturated carbocycles. The summed E-state index contributed by atoms with van der Waals surface area (Å²) in [6.45, 7) is 0. The highest BCUT2D eigenvalue weighted by Gasteiger charge is 2.57. The minimum atomic E-state index is -1.47. The highest BCUT2D eigenvalue weighted by atomic mass is 32.1. The maximum Gasteiger partial charge on any atom is 0.327 e. The van der Waals surface area contributed by atoms with E-state index in [-0.39, 0.29) is 11.3 Å². The van der Waals surface area contributed by atoms with Crippen molar-refractivity contribution in [1.29, 1.82) is 10.5 Å². The van der Waals surface area contributed by atoms with E-state index in [0.29, 0.717) is 27.1 Å². The monoisotopic (exact) mass is 549 g/mol. The van der Waals surface area contributed by atoms with Crippen LogP contribution in [0.5, 0.6) is 0 Å². The summed E-state index contributed by atoms with van der Waals surface area (Å²) in [5, 5.41) is 30.9. The fourth-order valence-corrected chi connectivity index (χ4v) is 6.07. The van der Waals surface area contributed by atoms with E-state index >= 15 is 0 Å². The molecule has 1 saturated heterocycles. The number of rotatable bonds is 6. The van der Waals surface area contributed by atoms with Crippen LogP contribution in [-0.2, 0) is 4.79 Å². The summed E-state index contributed by atoms with van der Waals surface area (Å²) in [5.41, 5.74) is 1.74. The Bertz CT molecular complexity index is 1650. The van der Waals surface area contributed by atoms with Crippen LogP contribution in [0.25, 0.3) is 0 Å². The zero-order chi connectivity index (χ0) is 28.4. The molecule has 1 aliphatic heterocycles. The second-order valence-electron chi connectivity index (χ2n) is 9.31. The van der Waals surface area contributed by atoms with Gasteiger partial charge in [-0.05, 0) is 71.1 Å². The normalized spacial score (nSPS) is 19.9. The lowest BCUT2D eigenvalue weighted by Gasteiger charge is -2.30. The Kier molecular flexibility index (Phi) is 7.24. The molecule has 5 rings (SSSR count). The van der Waals surface area contributed by atoms with Crippen molar-refractivity contribution in [2.75, 3.05) is 0 Å². The van der Waals surface area contributed by atoms with Crippen molar-refractivity contribution < 1.29 is 23.9 Å². The number of carboxylic acids is 1. The number of amides is 1. The zero-order valence-corrected chi connectivity index (χ0v) is 21.6. The molecule has 9 heteroatoms. The Labute approximate surface area is 233 Å². The van der Waals surface area contributed by atoms with Crippen LogP contribution < -0.4 is 0 Å². The summed E-state index contributed by atoms with van der Waals surface area (Å²) in [5.74, 6) is -4.89. The van der Waals surface area contributed by atoms with Crippen molar-refractivity contribution in [2.45, 2.75) is 18.0 Å². The molecule has 0 spiro atoms. The number of Topliss-reactive ketones (excluding diaryl/α,β-unsaturated/α-hetero) is 1. The molecule has 1 N–H and O–H groups in total. The number of thiophene rings is 1. The van der Waals surface area contributed by atoms with Crippen LogP contribution in [0.4, 0.5) is 4.39 Å². The van der Waals surface area contributed by atoms with Crippen molar-refractivity contribution >= 4 is 29.0 Å². The summed E-state index contributed by atoms with van der Waals surface area (Å²) in [6.07, 6.45) is 0. The minimum absolute atomic E-state index is 0.0640. The van der Waals surface area contributed by atoms with E-state index in [1.54, 1.807) is 66.0 Å². The molecular weight excluding hydrogens is 529 g/mol. The standard InChI is InChI=1S/C31H20FN3O4S/c32-23-13-11-22(12-14-23)30(37)35-27(21-9-5-19(17-34)6-10-21)26(29(36)24-2-1-15-40-24)25(28(35)31(38)39)20-7-3-18(16-33)4-8-20/h1-15,25-28H,(H,38,39). The van der Waals surface area contributed by atoms with Crippen LogP contribution in [0.1, 0.15) is 54.2 Å². The Hall–Kier alpha value is -5.12. The van der Waals surface area contributed by atoms with Gasteiger partial charge in [0.2, 0.25) is 0 Å². The molecule has 4 unspecified atom stereocenters. The fraction of sp³-hybridized carbons (Fsp3) is 0.129. The zero-order valence-electron chi connectivity index (χ0n) is 20.8. The number of carbonyl (C=O) groups excluding carboxylic acids is 2. The first-order chi connectivity index (χ1) is 19.3. The van der Waals surface area contributed by atoms with Crippen molar-refractivity contribution in [3.63, 3.8) is 0 Å². The van der Waals surface area contributed by atoms with E-state index in [1.807, 2.05) is 12.1 Å². The van der Waals surface area contributed by atoms with Gasteiger partial charge in [0, 0.05) is 11.5 Å². The maximum absolute atomic E-state index is 14.2. The number of nitriles is 2. The smallest absolute Gasteiger partial charge is 0.327 e. The molecule has 4 atom stereocenters. The lowest BCUT2D eigenvalue weighted by atomic mass is 9.77. The van der Waals surface area contributed by atoms with E-state index in [2.05, 4.69) is 0 Å². The second-order valence-corrected chi connectivity index (χ2v) is 10.3. The van der Waals surface area contributed by atoms with Crippen LogP contribution in [-0.4, -0.2) is 33.7 Å². The number of nitrogens with zero attached hydrogens (tertiary/aromatic N) is 3. The molecule has 1 aromatic heterocycles. The molecule has 0 aliphatic carbocycles. The molecular formula is C31H20FN3O4S. The van der Waals surface area contributed by atoms with Gasteiger partial charge in [-0.3, -0.25) is 9.59 Å². The van der Waals surface area contributed by atoms with Gasteiger partial charge in [-0.2, -0.15) is 10.5 Å². The van der Waals surface area contributed by atoms with Crippen LogP contribution >= 0.6 is 11.3 Å². The fourth-order valence-electron chi connectivity index (χ4n) is 5.36. The molecule has 3 aromatic carbocycles. The average molecular weight is 550 g/mol. The number of carboxylic acid groups (broad SMARTS) is 1. The Morgan fingerprint density at radius 2 is 1.40 bits per heavy atom. The van der Waals surface area contributed by atoms with Crippen molar-refractivity contribution in [1.82, 2.24) is 4.90 Å². The number of likely N-dealkylation sites (tertiary alicyclic amines) is 1. The van der Waals surface area contributed by atoms with Gasteiger partial charge in [0.15, 0.2) is 5.78 Å². The summed E-state index contributed by atoms with van der Waals surface area (Å²) >= 11 is 1.21. The molecule has 2 heterocycles. The predicted molar refractivity (Wildman–Crippen MR) is 144 cm³/mol. The van der Waals surface area contributed by atoms with Crippen LogP contribution in [0.3, 0.4) is 0 Å². The quantitative estimate of drug-likeness (QED) is 0.314. The van der Waals surface area contributed by atoms with E-state index in [1.165, 1.54) is 28.4 Å². The number of aliphatic carboxylic acids is 1. The SMILES string of the molecule is N#Cc1ccc(C2C(C(=O)c3cccs3)C(c3ccc(C#N)cc3)N(C(=O)c3ccc(F)cc3)C2C(=O)O)cc1. The number of hydrogen-bond donors (Lipinski definition) is 1. The van der Waals surface area contributed by atoms with Crippen molar-refractivity contribution in [2.24, 2.45) is 5.92 Å². The van der Waals surface area contributed by atoms with Crippen LogP contribution in [0, 0.1) is 34.4 Å². The summed E-state index contributed by atoms with van der Waals surface area (Å²) < 4.78 is 13.7. The van der Waals surface area contributed by atoms with Gasteiger partial charge in [-0.15, -0.1) is 11.3 Å². The predicted octanol–water partition coefficient (Wildman–Crippen LogP) is 5.56. The molecule has 40 heavy (non-hydrogen) atoms. The van der Waals surface area contributed by atoms with E-state index in [0.717, 1.165) is 12.1 Å². The third-order valence-corrected chi connectivity index (χ3v) is 8.00. The number of benzene rings is 3. The van der Waals surface area contributed by atoms with Gasteiger partial charge >= 0.3 is 5.97 Å². The maximum atomic E-state index is 14.2. The van der Waals surface area contributed by atoms with E-state index in [4.69, 9.17) is 0 Å². The van der Waals surface area contributed by atoms with Crippen LogP contribution in [0.2, 0.25) is 0 Å².